The topological polar surface area (TPSA) is 73.6 Å². The summed E-state index contributed by atoms with van der Waals surface area (Å²) in [7, 11) is -1.77. The first-order chi connectivity index (χ1) is 16.3. The second kappa shape index (κ2) is 21.7. The van der Waals surface area contributed by atoms with Gasteiger partial charge in [0.25, 0.3) is 8.53 Å². The zero-order valence-electron chi connectivity index (χ0n) is 23.2. The summed E-state index contributed by atoms with van der Waals surface area (Å²) in [4.78, 5) is 23.3. The number of hydrogen-bond acceptors (Lipinski definition) is 5. The van der Waals surface area contributed by atoms with Crippen molar-refractivity contribution in [1.29, 1.82) is 5.26 Å². The molecule has 0 aromatic rings. The number of rotatable bonds is 23. The summed E-state index contributed by atoms with van der Waals surface area (Å²) >= 11 is 0. The van der Waals surface area contributed by atoms with Crippen molar-refractivity contribution in [1.82, 2.24) is 4.67 Å². The SMILES string of the molecule is CCCCCCCCCCCCCCCC(=O)C(CC)C(C#N)COP(O)N(C(C)C)C(C)C. The largest absolute Gasteiger partial charge is 0.338 e. The fraction of sp³-hybridized carbons (Fsp3) is 0.929. The average molecular weight is 499 g/mol. The quantitative estimate of drug-likeness (QED) is 0.113. The van der Waals surface area contributed by atoms with Crippen molar-refractivity contribution in [2.45, 2.75) is 150 Å². The van der Waals surface area contributed by atoms with E-state index in [0.29, 0.717) is 12.8 Å². The number of carbonyl (C=O) groups excluding carboxylic acids is 1. The standard InChI is InChI=1S/C28H55N2O3P/c1-7-9-10-11-12-13-14-15-16-17-18-19-20-21-28(31)27(8-2)26(22-29)23-33-34(32)30(24(3)4)25(5)6/h24-27,32H,7-21,23H2,1-6H3. The van der Waals surface area contributed by atoms with E-state index in [-0.39, 0.29) is 30.4 Å². The molecule has 0 aliphatic rings. The third-order valence-electron chi connectivity index (χ3n) is 6.66. The van der Waals surface area contributed by atoms with E-state index in [9.17, 15) is 14.9 Å². The van der Waals surface area contributed by atoms with Crippen LogP contribution in [-0.4, -0.2) is 34.0 Å². The molecule has 0 aromatic carbocycles. The van der Waals surface area contributed by atoms with Crippen LogP contribution in [0.5, 0.6) is 0 Å². The Bertz CT molecular complexity index is 528. The maximum absolute atomic E-state index is 12.8. The summed E-state index contributed by atoms with van der Waals surface area (Å²) in [5.41, 5.74) is 0. The highest BCUT2D eigenvalue weighted by Gasteiger charge is 2.30. The molecule has 3 unspecified atom stereocenters. The van der Waals surface area contributed by atoms with Gasteiger partial charge >= 0.3 is 0 Å². The van der Waals surface area contributed by atoms with Gasteiger partial charge in [-0.15, -0.1) is 0 Å². The minimum atomic E-state index is -1.77. The van der Waals surface area contributed by atoms with Gasteiger partial charge in [-0.2, -0.15) is 5.26 Å². The summed E-state index contributed by atoms with van der Waals surface area (Å²) in [5, 5.41) is 9.66. The van der Waals surface area contributed by atoms with Gasteiger partial charge in [0, 0.05) is 24.4 Å². The maximum Gasteiger partial charge on any atom is 0.256 e. The molecule has 200 valence electrons. The number of nitrogens with zero attached hydrogens (tertiary/aromatic N) is 2. The van der Waals surface area contributed by atoms with Gasteiger partial charge in [0.05, 0.1) is 18.6 Å². The van der Waals surface area contributed by atoms with Gasteiger partial charge in [-0.1, -0.05) is 90.9 Å². The molecular weight excluding hydrogens is 443 g/mol. The Labute approximate surface area is 213 Å². The third-order valence-corrected chi connectivity index (χ3v) is 8.36. The van der Waals surface area contributed by atoms with E-state index in [4.69, 9.17) is 4.52 Å². The van der Waals surface area contributed by atoms with Gasteiger partial charge in [-0.05, 0) is 40.5 Å². The van der Waals surface area contributed by atoms with Gasteiger partial charge in [-0.25, -0.2) is 4.67 Å². The summed E-state index contributed by atoms with van der Waals surface area (Å²) in [6, 6.07) is 2.57. The van der Waals surface area contributed by atoms with Gasteiger partial charge in [0.15, 0.2) is 0 Å². The van der Waals surface area contributed by atoms with Crippen LogP contribution >= 0.6 is 8.53 Å². The molecule has 0 saturated heterocycles. The van der Waals surface area contributed by atoms with Crippen molar-refractivity contribution in [3.63, 3.8) is 0 Å². The summed E-state index contributed by atoms with van der Waals surface area (Å²) in [6.45, 7) is 12.4. The molecule has 0 aliphatic heterocycles. The predicted octanol–water partition coefficient (Wildman–Crippen LogP) is 8.56. The summed E-state index contributed by atoms with van der Waals surface area (Å²) in [6.07, 6.45) is 17.9. The summed E-state index contributed by atoms with van der Waals surface area (Å²) < 4.78 is 7.62. The van der Waals surface area contributed by atoms with Crippen LogP contribution in [0.15, 0.2) is 0 Å². The molecule has 0 spiro atoms. The maximum atomic E-state index is 12.8. The zero-order chi connectivity index (χ0) is 25.8. The van der Waals surface area contributed by atoms with E-state index in [2.05, 4.69) is 13.0 Å². The molecule has 5 nitrogen and oxygen atoms in total. The highest BCUT2D eigenvalue weighted by Crippen LogP contribution is 2.41. The number of ketones is 1. The van der Waals surface area contributed by atoms with E-state index in [0.717, 1.165) is 12.8 Å². The van der Waals surface area contributed by atoms with Gasteiger partial charge in [0.1, 0.15) is 5.78 Å². The molecule has 0 amide bonds. The minimum absolute atomic E-state index is 0.109. The molecule has 0 bridgehead atoms. The molecule has 1 N–H and O–H groups in total. The van der Waals surface area contributed by atoms with Gasteiger partial charge < -0.3 is 9.42 Å². The van der Waals surface area contributed by atoms with E-state index < -0.39 is 14.4 Å². The molecule has 0 aliphatic carbocycles. The van der Waals surface area contributed by atoms with E-state index >= 15 is 0 Å². The Hall–Kier alpha value is -0.530. The van der Waals surface area contributed by atoms with Gasteiger partial charge in [0.2, 0.25) is 0 Å². The normalized spacial score (nSPS) is 14.5. The monoisotopic (exact) mass is 498 g/mol. The molecule has 0 saturated carbocycles. The lowest BCUT2D eigenvalue weighted by Gasteiger charge is -2.33. The molecule has 0 heterocycles. The van der Waals surface area contributed by atoms with Crippen LogP contribution in [0, 0.1) is 23.2 Å². The van der Waals surface area contributed by atoms with Crippen molar-refractivity contribution in [3.05, 3.63) is 0 Å². The Morgan fingerprint density at radius 2 is 1.29 bits per heavy atom. The molecule has 0 radical (unpaired) electrons. The fourth-order valence-electron chi connectivity index (χ4n) is 4.69. The van der Waals surface area contributed by atoms with E-state index in [1.165, 1.54) is 70.6 Å². The highest BCUT2D eigenvalue weighted by molar-refractivity contribution is 7.43. The van der Waals surface area contributed by atoms with E-state index in [1.807, 2.05) is 39.3 Å². The molecule has 0 fully saturated rings. The Morgan fingerprint density at radius 3 is 1.68 bits per heavy atom. The molecule has 0 aromatic heterocycles. The summed E-state index contributed by atoms with van der Waals surface area (Å²) in [5.74, 6) is -0.636. The third kappa shape index (κ3) is 15.5. The second-order valence-corrected chi connectivity index (χ2v) is 11.6. The van der Waals surface area contributed by atoms with Crippen LogP contribution in [0.2, 0.25) is 0 Å². The first-order valence-corrected chi connectivity index (χ1v) is 15.3. The Balaban J connectivity index is 4.11. The first kappa shape index (κ1) is 33.5. The van der Waals surface area contributed by atoms with Crippen LogP contribution < -0.4 is 0 Å². The molecular formula is C28H55N2O3P. The number of Topliss-reactive ketones (excluding diaryl/α,β-unsaturated/α-hetero) is 1. The van der Waals surface area contributed by atoms with Crippen molar-refractivity contribution in [2.75, 3.05) is 6.61 Å². The van der Waals surface area contributed by atoms with Gasteiger partial charge in [-0.3, -0.25) is 4.79 Å². The Kier molecular flexibility index (Phi) is 21.4. The number of nitriles is 1. The van der Waals surface area contributed by atoms with Crippen molar-refractivity contribution < 1.29 is 14.2 Å². The van der Waals surface area contributed by atoms with Crippen molar-refractivity contribution >= 4 is 14.3 Å². The minimum Gasteiger partial charge on any atom is -0.338 e. The van der Waals surface area contributed by atoms with Crippen LogP contribution in [0.4, 0.5) is 0 Å². The molecule has 0 rings (SSSR count). The average Bonchev–Trinajstić information content (AvgIpc) is 2.79. The lowest BCUT2D eigenvalue weighted by atomic mass is 9.86. The smallest absolute Gasteiger partial charge is 0.256 e. The van der Waals surface area contributed by atoms with Crippen molar-refractivity contribution in [2.24, 2.45) is 11.8 Å². The number of hydrogen-bond donors (Lipinski definition) is 1. The number of carbonyl (C=O) groups is 1. The first-order valence-electron chi connectivity index (χ1n) is 14.1. The predicted molar refractivity (Wildman–Crippen MR) is 145 cm³/mol. The number of unbranched alkanes of at least 4 members (excludes halogenated alkanes) is 12. The lowest BCUT2D eigenvalue weighted by molar-refractivity contribution is -0.124. The van der Waals surface area contributed by atoms with Crippen LogP contribution in [0.3, 0.4) is 0 Å². The molecule has 34 heavy (non-hydrogen) atoms. The Morgan fingerprint density at radius 1 is 0.853 bits per heavy atom. The van der Waals surface area contributed by atoms with Crippen molar-refractivity contribution in [3.8, 4) is 6.07 Å². The molecule has 3 atom stereocenters. The zero-order valence-corrected chi connectivity index (χ0v) is 24.1. The van der Waals surface area contributed by atoms with Crippen LogP contribution in [0.1, 0.15) is 138 Å². The van der Waals surface area contributed by atoms with E-state index in [1.54, 1.807) is 0 Å². The lowest BCUT2D eigenvalue weighted by Crippen LogP contribution is -2.33. The molecule has 6 heteroatoms. The highest BCUT2D eigenvalue weighted by atomic mass is 31.2. The van der Waals surface area contributed by atoms with Crippen LogP contribution in [0.25, 0.3) is 0 Å². The van der Waals surface area contributed by atoms with Crippen LogP contribution in [-0.2, 0) is 9.32 Å². The second-order valence-electron chi connectivity index (χ2n) is 10.3. The fourth-order valence-corrected chi connectivity index (χ4v) is 5.90.